The molecule has 10 nitrogen and oxygen atoms in total. The van der Waals surface area contributed by atoms with Crippen LogP contribution in [-0.2, 0) is 14.3 Å². The van der Waals surface area contributed by atoms with Crippen LogP contribution in [0.5, 0.6) is 28.7 Å². The van der Waals surface area contributed by atoms with Crippen molar-refractivity contribution in [2.75, 3.05) is 13.9 Å². The SMILES string of the molecule is C=CC(=O)OCOc1ccc(C(=O)Oc2ccc(OC(=O)c3ccc(OC(=O)C=C)cc3)c(OC)c2)cc1. The van der Waals surface area contributed by atoms with Gasteiger partial charge in [0.15, 0.2) is 11.5 Å². The molecule has 0 saturated heterocycles. The fourth-order valence-corrected chi connectivity index (χ4v) is 2.84. The van der Waals surface area contributed by atoms with Crippen LogP contribution in [0.15, 0.2) is 92.0 Å². The van der Waals surface area contributed by atoms with Crippen molar-refractivity contribution >= 4 is 23.9 Å². The molecular weight excluding hydrogens is 496 g/mol. The number of rotatable bonds is 11. The van der Waals surface area contributed by atoms with Gasteiger partial charge in [0.05, 0.1) is 18.2 Å². The van der Waals surface area contributed by atoms with Gasteiger partial charge in [0, 0.05) is 18.2 Å². The highest BCUT2D eigenvalue weighted by atomic mass is 16.7. The van der Waals surface area contributed by atoms with Crippen LogP contribution in [0, 0.1) is 0 Å². The smallest absolute Gasteiger partial charge is 0.343 e. The summed E-state index contributed by atoms with van der Waals surface area (Å²) in [6.45, 7) is 6.29. The Balaban J connectivity index is 1.61. The van der Waals surface area contributed by atoms with Crippen LogP contribution in [-0.4, -0.2) is 37.8 Å². The van der Waals surface area contributed by atoms with Gasteiger partial charge in [-0.05, 0) is 60.7 Å². The summed E-state index contributed by atoms with van der Waals surface area (Å²) in [5.41, 5.74) is 0.435. The predicted octanol–water partition coefficient (Wildman–Crippen LogP) is 4.29. The van der Waals surface area contributed by atoms with E-state index in [1.165, 1.54) is 73.8 Å². The van der Waals surface area contributed by atoms with Gasteiger partial charge in [-0.1, -0.05) is 13.2 Å². The summed E-state index contributed by atoms with van der Waals surface area (Å²) < 4.78 is 31.0. The monoisotopic (exact) mass is 518 g/mol. The number of carbonyl (C=O) groups excluding carboxylic acids is 4. The Labute approximate surface area is 217 Å². The number of hydrogen-bond donors (Lipinski definition) is 0. The van der Waals surface area contributed by atoms with E-state index >= 15 is 0 Å². The fourth-order valence-electron chi connectivity index (χ4n) is 2.84. The highest BCUT2D eigenvalue weighted by Crippen LogP contribution is 2.32. The molecule has 0 aromatic heterocycles. The second-order valence-corrected chi connectivity index (χ2v) is 7.20. The van der Waals surface area contributed by atoms with Crippen molar-refractivity contribution in [1.82, 2.24) is 0 Å². The second kappa shape index (κ2) is 13.1. The molecule has 0 heterocycles. The van der Waals surface area contributed by atoms with E-state index in [0.717, 1.165) is 12.2 Å². The molecule has 3 aromatic rings. The molecule has 3 aromatic carbocycles. The highest BCUT2D eigenvalue weighted by molar-refractivity contribution is 5.92. The molecule has 0 aliphatic carbocycles. The Kier molecular flexibility index (Phi) is 9.36. The van der Waals surface area contributed by atoms with Crippen molar-refractivity contribution in [2.24, 2.45) is 0 Å². The lowest BCUT2D eigenvalue weighted by Gasteiger charge is -2.12. The summed E-state index contributed by atoms with van der Waals surface area (Å²) in [6.07, 6.45) is 2.04. The minimum absolute atomic E-state index is 0.0955. The third-order valence-corrected chi connectivity index (χ3v) is 4.71. The number of hydrogen-bond acceptors (Lipinski definition) is 10. The molecule has 38 heavy (non-hydrogen) atoms. The van der Waals surface area contributed by atoms with E-state index in [1.54, 1.807) is 0 Å². The summed E-state index contributed by atoms with van der Waals surface area (Å²) in [5.74, 6) is -1.57. The van der Waals surface area contributed by atoms with Crippen LogP contribution in [0.2, 0.25) is 0 Å². The number of esters is 4. The molecule has 0 aliphatic rings. The maximum atomic E-state index is 12.5. The molecule has 0 bridgehead atoms. The van der Waals surface area contributed by atoms with Gasteiger partial charge >= 0.3 is 23.9 Å². The molecule has 0 unspecified atom stereocenters. The van der Waals surface area contributed by atoms with Crippen molar-refractivity contribution in [2.45, 2.75) is 0 Å². The molecule has 0 radical (unpaired) electrons. The molecule has 0 atom stereocenters. The normalized spacial score (nSPS) is 9.92. The minimum Gasteiger partial charge on any atom is -0.493 e. The second-order valence-electron chi connectivity index (χ2n) is 7.20. The van der Waals surface area contributed by atoms with Crippen LogP contribution >= 0.6 is 0 Å². The van der Waals surface area contributed by atoms with E-state index in [1.807, 2.05) is 0 Å². The molecular formula is C28H22O10. The van der Waals surface area contributed by atoms with Crippen molar-refractivity contribution in [3.05, 3.63) is 103 Å². The van der Waals surface area contributed by atoms with Crippen LogP contribution in [0.25, 0.3) is 0 Å². The molecule has 0 saturated carbocycles. The van der Waals surface area contributed by atoms with E-state index in [2.05, 4.69) is 13.2 Å². The summed E-state index contributed by atoms with van der Waals surface area (Å²) in [5, 5.41) is 0. The number of ether oxygens (including phenoxy) is 6. The number of carbonyl (C=O) groups is 4. The van der Waals surface area contributed by atoms with Gasteiger partial charge in [0.2, 0.25) is 6.79 Å². The predicted molar refractivity (Wildman–Crippen MR) is 133 cm³/mol. The van der Waals surface area contributed by atoms with E-state index < -0.39 is 23.9 Å². The zero-order valence-corrected chi connectivity index (χ0v) is 20.2. The maximum absolute atomic E-state index is 12.5. The zero-order chi connectivity index (χ0) is 27.5. The average molecular weight is 518 g/mol. The van der Waals surface area contributed by atoms with Gasteiger partial charge in [-0.15, -0.1) is 0 Å². The quantitative estimate of drug-likeness (QED) is 0.157. The van der Waals surface area contributed by atoms with E-state index in [4.69, 9.17) is 28.4 Å². The lowest BCUT2D eigenvalue weighted by Crippen LogP contribution is -2.11. The first-order chi connectivity index (χ1) is 18.3. The lowest BCUT2D eigenvalue weighted by atomic mass is 10.2. The lowest BCUT2D eigenvalue weighted by molar-refractivity contribution is -0.144. The molecule has 0 fully saturated rings. The zero-order valence-electron chi connectivity index (χ0n) is 20.2. The largest absolute Gasteiger partial charge is 0.493 e. The Bertz CT molecular complexity index is 1340. The average Bonchev–Trinajstić information content (AvgIpc) is 2.94. The Morgan fingerprint density at radius 2 is 1.21 bits per heavy atom. The van der Waals surface area contributed by atoms with Crippen molar-refractivity contribution in [3.8, 4) is 28.7 Å². The molecule has 0 amide bonds. The number of methoxy groups -OCH3 is 1. The minimum atomic E-state index is -0.684. The van der Waals surface area contributed by atoms with Crippen LogP contribution in [0.1, 0.15) is 20.7 Å². The molecule has 3 rings (SSSR count). The first-order valence-corrected chi connectivity index (χ1v) is 10.9. The molecule has 0 aliphatic heterocycles. The van der Waals surface area contributed by atoms with E-state index in [9.17, 15) is 19.2 Å². The maximum Gasteiger partial charge on any atom is 0.343 e. The van der Waals surface area contributed by atoms with Gasteiger partial charge in [-0.2, -0.15) is 0 Å². The summed E-state index contributed by atoms with van der Waals surface area (Å²) >= 11 is 0. The van der Waals surface area contributed by atoms with Crippen molar-refractivity contribution in [3.63, 3.8) is 0 Å². The Morgan fingerprint density at radius 3 is 1.79 bits per heavy atom. The third-order valence-electron chi connectivity index (χ3n) is 4.71. The standard InChI is InChI=1S/C28H22O10/c1-4-25(29)35-17-34-20-10-6-18(7-11-20)27(31)37-22-14-15-23(24(16-22)33-3)38-28(32)19-8-12-21(13-9-19)36-26(30)5-2/h4-16H,1-2,17H2,3H3. The number of benzene rings is 3. The van der Waals surface area contributed by atoms with Crippen LogP contribution in [0.4, 0.5) is 0 Å². The van der Waals surface area contributed by atoms with E-state index in [0.29, 0.717) is 5.75 Å². The van der Waals surface area contributed by atoms with Gasteiger partial charge in [-0.25, -0.2) is 19.2 Å². The molecule has 0 spiro atoms. The molecule has 10 heteroatoms. The molecule has 0 N–H and O–H groups in total. The first-order valence-electron chi connectivity index (χ1n) is 10.9. The fraction of sp³-hybridized carbons (Fsp3) is 0.0714. The van der Waals surface area contributed by atoms with Crippen molar-refractivity contribution in [1.29, 1.82) is 0 Å². The van der Waals surface area contributed by atoms with E-state index in [-0.39, 0.29) is 40.9 Å². The summed E-state index contributed by atoms with van der Waals surface area (Å²) in [6, 6.07) is 16.0. The van der Waals surface area contributed by atoms with Crippen molar-refractivity contribution < 1.29 is 47.6 Å². The topological polar surface area (TPSA) is 124 Å². The van der Waals surface area contributed by atoms with Gasteiger partial charge in [-0.3, -0.25) is 0 Å². The third kappa shape index (κ3) is 7.56. The Hall–Kier alpha value is -5.38. The van der Waals surface area contributed by atoms with Gasteiger partial charge < -0.3 is 28.4 Å². The summed E-state index contributed by atoms with van der Waals surface area (Å²) in [4.78, 5) is 47.3. The first kappa shape index (κ1) is 27.2. The van der Waals surface area contributed by atoms with Gasteiger partial charge in [0.1, 0.15) is 17.2 Å². The Morgan fingerprint density at radius 1 is 0.658 bits per heavy atom. The van der Waals surface area contributed by atoms with Crippen LogP contribution in [0.3, 0.4) is 0 Å². The van der Waals surface area contributed by atoms with Crippen LogP contribution < -0.4 is 23.7 Å². The summed E-state index contributed by atoms with van der Waals surface area (Å²) in [7, 11) is 1.37. The molecule has 194 valence electrons. The highest BCUT2D eigenvalue weighted by Gasteiger charge is 2.16. The van der Waals surface area contributed by atoms with Gasteiger partial charge in [0.25, 0.3) is 0 Å².